The number of amides is 2. The van der Waals surface area contributed by atoms with Gasteiger partial charge in [0.25, 0.3) is 0 Å². The maximum absolute atomic E-state index is 12.3. The monoisotopic (exact) mass is 338 g/mol. The van der Waals surface area contributed by atoms with E-state index in [2.05, 4.69) is 17.4 Å². The highest BCUT2D eigenvalue weighted by Crippen LogP contribution is 2.22. The Hall–Kier alpha value is -2.82. The highest BCUT2D eigenvalue weighted by atomic mass is 16.3. The molecule has 1 saturated heterocycles. The number of hydrogen-bond acceptors (Lipinski definition) is 3. The lowest BCUT2D eigenvalue weighted by molar-refractivity contribution is -0.144. The van der Waals surface area contributed by atoms with E-state index in [0.717, 1.165) is 19.3 Å². The van der Waals surface area contributed by atoms with Crippen molar-refractivity contribution in [3.05, 3.63) is 60.2 Å². The molecule has 2 amide bonds. The van der Waals surface area contributed by atoms with Gasteiger partial charge >= 0.3 is 11.8 Å². The first-order chi connectivity index (χ1) is 12.1. The van der Waals surface area contributed by atoms with Gasteiger partial charge in [-0.15, -0.1) is 0 Å². The number of piperidine rings is 1. The minimum Gasteiger partial charge on any atom is -0.508 e. The van der Waals surface area contributed by atoms with Gasteiger partial charge in [-0.05, 0) is 42.9 Å². The van der Waals surface area contributed by atoms with E-state index < -0.39 is 11.8 Å². The molecule has 0 atom stereocenters. The first-order valence-electron chi connectivity index (χ1n) is 8.55. The molecule has 1 aliphatic heterocycles. The molecule has 3 rings (SSSR count). The maximum atomic E-state index is 12.3. The molecule has 0 spiro atoms. The van der Waals surface area contributed by atoms with Crippen molar-refractivity contribution in [3.8, 4) is 5.75 Å². The predicted octanol–water partition coefficient (Wildman–Crippen LogP) is 2.81. The number of likely N-dealkylation sites (tertiary alicyclic amines) is 1. The van der Waals surface area contributed by atoms with Gasteiger partial charge in [0.2, 0.25) is 0 Å². The summed E-state index contributed by atoms with van der Waals surface area (Å²) in [7, 11) is 0. The van der Waals surface area contributed by atoms with Crippen LogP contribution >= 0.6 is 0 Å². The Balaban J connectivity index is 1.50. The maximum Gasteiger partial charge on any atom is 0.313 e. The molecule has 1 heterocycles. The first kappa shape index (κ1) is 17.0. The minimum absolute atomic E-state index is 0.0481. The van der Waals surface area contributed by atoms with Crippen molar-refractivity contribution in [2.75, 3.05) is 18.4 Å². The highest BCUT2D eigenvalue weighted by Gasteiger charge is 2.27. The number of phenols is 1. The number of rotatable bonds is 3. The van der Waals surface area contributed by atoms with E-state index in [0.29, 0.717) is 24.7 Å². The van der Waals surface area contributed by atoms with Crippen LogP contribution in [0, 0.1) is 5.92 Å². The quantitative estimate of drug-likeness (QED) is 0.846. The summed E-state index contributed by atoms with van der Waals surface area (Å²) in [6.45, 7) is 1.20. The van der Waals surface area contributed by atoms with Crippen molar-refractivity contribution >= 4 is 17.5 Å². The zero-order valence-electron chi connectivity index (χ0n) is 14.0. The number of carbonyl (C=O) groups excluding carboxylic acids is 2. The molecule has 5 heteroatoms. The number of nitrogens with zero attached hydrogens (tertiary/aromatic N) is 1. The molecule has 2 aromatic rings. The van der Waals surface area contributed by atoms with Gasteiger partial charge < -0.3 is 15.3 Å². The van der Waals surface area contributed by atoms with Crippen LogP contribution < -0.4 is 5.32 Å². The smallest absolute Gasteiger partial charge is 0.313 e. The van der Waals surface area contributed by atoms with Crippen molar-refractivity contribution < 1.29 is 14.7 Å². The predicted molar refractivity (Wildman–Crippen MR) is 96.2 cm³/mol. The lowest BCUT2D eigenvalue weighted by atomic mass is 9.90. The number of carbonyl (C=O) groups is 2. The SMILES string of the molecule is O=C(Nc1cccc(O)c1)C(=O)N1CCC(Cc2ccccc2)CC1. The Morgan fingerprint density at radius 3 is 2.44 bits per heavy atom. The van der Waals surface area contributed by atoms with Crippen LogP contribution in [-0.4, -0.2) is 34.9 Å². The summed E-state index contributed by atoms with van der Waals surface area (Å²) >= 11 is 0. The summed E-state index contributed by atoms with van der Waals surface area (Å²) in [5.41, 5.74) is 1.73. The number of aromatic hydroxyl groups is 1. The first-order valence-corrected chi connectivity index (χ1v) is 8.55. The van der Waals surface area contributed by atoms with Crippen LogP contribution in [0.3, 0.4) is 0 Å². The van der Waals surface area contributed by atoms with Gasteiger partial charge in [-0.3, -0.25) is 9.59 Å². The van der Waals surface area contributed by atoms with E-state index in [4.69, 9.17) is 0 Å². The van der Waals surface area contributed by atoms with Crippen molar-refractivity contribution in [1.82, 2.24) is 4.90 Å². The molecule has 1 fully saturated rings. The van der Waals surface area contributed by atoms with Gasteiger partial charge in [0.15, 0.2) is 0 Å². The topological polar surface area (TPSA) is 69.6 Å². The van der Waals surface area contributed by atoms with Crippen molar-refractivity contribution in [1.29, 1.82) is 0 Å². The molecule has 0 radical (unpaired) electrons. The van der Waals surface area contributed by atoms with Crippen LogP contribution in [0.1, 0.15) is 18.4 Å². The second-order valence-electron chi connectivity index (χ2n) is 6.43. The number of phenolic OH excluding ortho intramolecular Hbond substituents is 1. The molecule has 2 aromatic carbocycles. The van der Waals surface area contributed by atoms with Gasteiger partial charge in [-0.2, -0.15) is 0 Å². The second kappa shape index (κ2) is 7.83. The number of benzene rings is 2. The summed E-state index contributed by atoms with van der Waals surface area (Å²) in [6, 6.07) is 16.5. The lowest BCUT2D eigenvalue weighted by Gasteiger charge is -2.31. The van der Waals surface area contributed by atoms with E-state index in [1.165, 1.54) is 17.7 Å². The van der Waals surface area contributed by atoms with E-state index in [1.807, 2.05) is 18.2 Å². The molecular formula is C20H22N2O3. The summed E-state index contributed by atoms with van der Waals surface area (Å²) in [4.78, 5) is 26.0. The third-order valence-electron chi connectivity index (χ3n) is 4.57. The average molecular weight is 338 g/mol. The zero-order valence-corrected chi connectivity index (χ0v) is 14.0. The second-order valence-corrected chi connectivity index (χ2v) is 6.43. The van der Waals surface area contributed by atoms with E-state index in [-0.39, 0.29) is 5.75 Å². The molecule has 0 aliphatic carbocycles. The van der Waals surface area contributed by atoms with Crippen molar-refractivity contribution in [2.24, 2.45) is 5.92 Å². The standard InChI is InChI=1S/C20H22N2O3/c23-18-8-4-7-17(14-18)21-19(24)20(25)22-11-9-16(10-12-22)13-15-5-2-1-3-6-15/h1-8,14,16,23H,9-13H2,(H,21,24). The van der Waals surface area contributed by atoms with Gasteiger partial charge in [-0.1, -0.05) is 36.4 Å². The van der Waals surface area contributed by atoms with Crippen LogP contribution in [0.25, 0.3) is 0 Å². The fourth-order valence-electron chi connectivity index (χ4n) is 3.20. The third kappa shape index (κ3) is 4.59. The zero-order chi connectivity index (χ0) is 17.6. The number of anilines is 1. The number of nitrogens with one attached hydrogen (secondary N) is 1. The van der Waals surface area contributed by atoms with E-state index in [9.17, 15) is 14.7 Å². The molecule has 1 aliphatic rings. The largest absolute Gasteiger partial charge is 0.508 e. The van der Waals surface area contributed by atoms with Gasteiger partial charge in [0, 0.05) is 24.8 Å². The molecule has 5 nitrogen and oxygen atoms in total. The Bertz CT molecular complexity index is 738. The Morgan fingerprint density at radius 2 is 1.76 bits per heavy atom. The Labute approximate surface area is 147 Å². The summed E-state index contributed by atoms with van der Waals surface area (Å²) in [5.74, 6) is -0.582. The Kier molecular flexibility index (Phi) is 5.33. The summed E-state index contributed by atoms with van der Waals surface area (Å²) < 4.78 is 0. The van der Waals surface area contributed by atoms with Crippen molar-refractivity contribution in [3.63, 3.8) is 0 Å². The normalized spacial score (nSPS) is 15.0. The van der Waals surface area contributed by atoms with Gasteiger partial charge in [0.05, 0.1) is 0 Å². The summed E-state index contributed by atoms with van der Waals surface area (Å²) in [6.07, 6.45) is 2.82. The third-order valence-corrected chi connectivity index (χ3v) is 4.57. The highest BCUT2D eigenvalue weighted by molar-refractivity contribution is 6.39. The lowest BCUT2D eigenvalue weighted by Crippen LogP contribution is -2.44. The molecule has 0 aromatic heterocycles. The molecule has 0 bridgehead atoms. The van der Waals surface area contributed by atoms with E-state index >= 15 is 0 Å². The van der Waals surface area contributed by atoms with E-state index in [1.54, 1.807) is 17.0 Å². The molecule has 130 valence electrons. The fraction of sp³-hybridized carbons (Fsp3) is 0.300. The minimum atomic E-state index is -0.660. The van der Waals surface area contributed by atoms with Crippen LogP contribution in [0.5, 0.6) is 5.75 Å². The van der Waals surface area contributed by atoms with Gasteiger partial charge in [0.1, 0.15) is 5.75 Å². The average Bonchev–Trinajstić information content (AvgIpc) is 2.62. The van der Waals surface area contributed by atoms with Crippen LogP contribution in [-0.2, 0) is 16.0 Å². The van der Waals surface area contributed by atoms with Crippen LogP contribution in [0.2, 0.25) is 0 Å². The Morgan fingerprint density at radius 1 is 1.04 bits per heavy atom. The van der Waals surface area contributed by atoms with Gasteiger partial charge in [-0.25, -0.2) is 0 Å². The number of hydrogen-bond donors (Lipinski definition) is 2. The van der Waals surface area contributed by atoms with Crippen molar-refractivity contribution in [2.45, 2.75) is 19.3 Å². The van der Waals surface area contributed by atoms with Crippen LogP contribution in [0.15, 0.2) is 54.6 Å². The molecule has 2 N–H and O–H groups in total. The molecule has 0 saturated carbocycles. The summed E-state index contributed by atoms with van der Waals surface area (Å²) in [5, 5.41) is 12.0. The molecular weight excluding hydrogens is 316 g/mol. The van der Waals surface area contributed by atoms with Crippen LogP contribution in [0.4, 0.5) is 5.69 Å². The fourth-order valence-corrected chi connectivity index (χ4v) is 3.20. The molecule has 0 unspecified atom stereocenters. The molecule has 25 heavy (non-hydrogen) atoms.